The predicted octanol–water partition coefficient (Wildman–Crippen LogP) is 3.66. The van der Waals surface area contributed by atoms with Gasteiger partial charge in [-0.1, -0.05) is 43.7 Å². The Morgan fingerprint density at radius 3 is 2.92 bits per heavy atom. The summed E-state index contributed by atoms with van der Waals surface area (Å²) in [6, 6.07) is 6.03. The standard InChI is InChI=1S/C18H25N3O3S/c1-4-5-6-9-19-16(22)12-25-18-21-20-17(24-18)11-23-15-10-13(2)7-8-14(15)3/h7-8,10H,4-6,9,11-12H2,1-3H3,(H,19,22). The van der Waals surface area contributed by atoms with Crippen LogP contribution in [0.1, 0.15) is 43.2 Å². The lowest BCUT2D eigenvalue weighted by molar-refractivity contribution is -0.118. The second-order valence-corrected chi connectivity index (χ2v) is 6.79. The lowest BCUT2D eigenvalue weighted by Crippen LogP contribution is -2.26. The van der Waals surface area contributed by atoms with Crippen LogP contribution in [0.3, 0.4) is 0 Å². The van der Waals surface area contributed by atoms with Crippen molar-refractivity contribution in [3.63, 3.8) is 0 Å². The van der Waals surface area contributed by atoms with Crippen molar-refractivity contribution in [3.05, 3.63) is 35.2 Å². The molecule has 0 aliphatic heterocycles. The van der Waals surface area contributed by atoms with Crippen molar-refractivity contribution in [2.24, 2.45) is 0 Å². The quantitative estimate of drug-likeness (QED) is 0.513. The fourth-order valence-corrected chi connectivity index (χ4v) is 2.75. The minimum absolute atomic E-state index is 0.0208. The van der Waals surface area contributed by atoms with Gasteiger partial charge < -0.3 is 14.5 Å². The van der Waals surface area contributed by atoms with Gasteiger partial charge >= 0.3 is 0 Å². The number of carbonyl (C=O) groups excluding carboxylic acids is 1. The van der Waals surface area contributed by atoms with Crippen LogP contribution in [0.2, 0.25) is 0 Å². The van der Waals surface area contributed by atoms with Crippen molar-refractivity contribution in [3.8, 4) is 5.75 Å². The number of carbonyl (C=O) groups is 1. The third kappa shape index (κ3) is 6.78. The Morgan fingerprint density at radius 1 is 1.28 bits per heavy atom. The molecule has 0 bridgehead atoms. The highest BCUT2D eigenvalue weighted by Gasteiger charge is 2.10. The molecule has 1 N–H and O–H groups in total. The van der Waals surface area contributed by atoms with E-state index in [9.17, 15) is 4.79 Å². The normalized spacial score (nSPS) is 10.7. The van der Waals surface area contributed by atoms with E-state index in [1.807, 2.05) is 32.0 Å². The molecule has 2 rings (SSSR count). The van der Waals surface area contributed by atoms with E-state index in [0.717, 1.165) is 36.1 Å². The molecule has 1 aromatic carbocycles. The zero-order chi connectivity index (χ0) is 18.1. The molecule has 0 saturated carbocycles. The summed E-state index contributed by atoms with van der Waals surface area (Å²) in [5.41, 5.74) is 2.19. The van der Waals surface area contributed by atoms with Crippen molar-refractivity contribution in [1.29, 1.82) is 0 Å². The Morgan fingerprint density at radius 2 is 2.12 bits per heavy atom. The molecule has 7 heteroatoms. The van der Waals surface area contributed by atoms with Crippen LogP contribution in [0.25, 0.3) is 0 Å². The number of hydrogen-bond donors (Lipinski definition) is 1. The number of thioether (sulfide) groups is 1. The molecule has 25 heavy (non-hydrogen) atoms. The van der Waals surface area contributed by atoms with E-state index in [1.54, 1.807) is 0 Å². The van der Waals surface area contributed by atoms with Crippen molar-refractivity contribution in [2.75, 3.05) is 12.3 Å². The average molecular weight is 363 g/mol. The van der Waals surface area contributed by atoms with E-state index in [-0.39, 0.29) is 18.3 Å². The fraction of sp³-hybridized carbons (Fsp3) is 0.500. The number of ether oxygens (including phenoxy) is 1. The molecule has 0 saturated heterocycles. The average Bonchev–Trinajstić information content (AvgIpc) is 3.05. The van der Waals surface area contributed by atoms with Crippen LogP contribution < -0.4 is 10.1 Å². The van der Waals surface area contributed by atoms with Crippen molar-refractivity contribution in [1.82, 2.24) is 15.5 Å². The van der Waals surface area contributed by atoms with E-state index in [1.165, 1.54) is 11.8 Å². The van der Waals surface area contributed by atoms with E-state index in [0.29, 0.717) is 17.7 Å². The maximum absolute atomic E-state index is 11.7. The number of unbranched alkanes of at least 4 members (excludes halogenated alkanes) is 2. The van der Waals surface area contributed by atoms with Crippen LogP contribution in [-0.2, 0) is 11.4 Å². The molecule has 1 aromatic heterocycles. The Hall–Kier alpha value is -2.02. The molecule has 2 aromatic rings. The highest BCUT2D eigenvalue weighted by molar-refractivity contribution is 7.99. The number of nitrogens with zero attached hydrogens (tertiary/aromatic N) is 2. The number of hydrogen-bond acceptors (Lipinski definition) is 6. The maximum atomic E-state index is 11.7. The van der Waals surface area contributed by atoms with Gasteiger partial charge in [-0.25, -0.2) is 0 Å². The van der Waals surface area contributed by atoms with Crippen LogP contribution in [0.5, 0.6) is 5.75 Å². The third-order valence-corrected chi connectivity index (χ3v) is 4.39. The number of rotatable bonds is 10. The Kier molecular flexibility index (Phi) is 7.78. The van der Waals surface area contributed by atoms with E-state index >= 15 is 0 Å². The van der Waals surface area contributed by atoms with Gasteiger partial charge in [-0.05, 0) is 37.5 Å². The third-order valence-electron chi connectivity index (χ3n) is 3.57. The largest absolute Gasteiger partial charge is 0.484 e. The SMILES string of the molecule is CCCCCNC(=O)CSc1nnc(COc2cc(C)ccc2C)o1. The number of aromatic nitrogens is 2. The molecule has 0 aliphatic rings. The molecule has 0 atom stereocenters. The lowest BCUT2D eigenvalue weighted by Gasteiger charge is -2.07. The van der Waals surface area contributed by atoms with Crippen LogP contribution in [-0.4, -0.2) is 28.4 Å². The summed E-state index contributed by atoms with van der Waals surface area (Å²) in [6.45, 7) is 7.06. The Balaban J connectivity index is 1.74. The highest BCUT2D eigenvalue weighted by Crippen LogP contribution is 2.21. The monoisotopic (exact) mass is 363 g/mol. The second kappa shape index (κ2) is 10.1. The first-order chi connectivity index (χ1) is 12.1. The number of aryl methyl sites for hydroxylation is 2. The second-order valence-electron chi connectivity index (χ2n) is 5.87. The molecule has 0 unspecified atom stereocenters. The minimum atomic E-state index is -0.0208. The summed E-state index contributed by atoms with van der Waals surface area (Å²) in [5, 5.41) is 11.1. The molecular weight excluding hydrogens is 338 g/mol. The maximum Gasteiger partial charge on any atom is 0.277 e. The molecule has 0 aliphatic carbocycles. The first-order valence-electron chi connectivity index (χ1n) is 8.50. The van der Waals surface area contributed by atoms with Crippen molar-refractivity contribution >= 4 is 17.7 Å². The summed E-state index contributed by atoms with van der Waals surface area (Å²) in [6.07, 6.45) is 3.27. The van der Waals surface area contributed by atoms with E-state index in [4.69, 9.17) is 9.15 Å². The van der Waals surface area contributed by atoms with Crippen LogP contribution in [0.4, 0.5) is 0 Å². The molecule has 1 heterocycles. The van der Waals surface area contributed by atoms with E-state index in [2.05, 4.69) is 22.4 Å². The zero-order valence-corrected chi connectivity index (χ0v) is 15.8. The molecule has 0 fully saturated rings. The molecule has 0 spiro atoms. The zero-order valence-electron chi connectivity index (χ0n) is 15.0. The summed E-state index contributed by atoms with van der Waals surface area (Å²) < 4.78 is 11.2. The summed E-state index contributed by atoms with van der Waals surface area (Å²) in [7, 11) is 0. The van der Waals surface area contributed by atoms with Gasteiger partial charge in [-0.15, -0.1) is 10.2 Å². The molecule has 1 amide bonds. The van der Waals surface area contributed by atoms with Gasteiger partial charge in [0.15, 0.2) is 6.61 Å². The molecule has 6 nitrogen and oxygen atoms in total. The molecule has 0 radical (unpaired) electrons. The van der Waals surface area contributed by atoms with Gasteiger partial charge in [0.05, 0.1) is 5.75 Å². The highest BCUT2D eigenvalue weighted by atomic mass is 32.2. The molecule has 136 valence electrons. The van der Waals surface area contributed by atoms with Gasteiger partial charge in [-0.3, -0.25) is 4.79 Å². The van der Waals surface area contributed by atoms with Crippen LogP contribution in [0, 0.1) is 13.8 Å². The summed E-state index contributed by atoms with van der Waals surface area (Å²) in [4.78, 5) is 11.7. The van der Waals surface area contributed by atoms with E-state index < -0.39 is 0 Å². The first-order valence-corrected chi connectivity index (χ1v) is 9.49. The van der Waals surface area contributed by atoms with Gasteiger partial charge in [0.2, 0.25) is 5.91 Å². The first kappa shape index (κ1) is 19.3. The number of benzene rings is 1. The topological polar surface area (TPSA) is 77.2 Å². The summed E-state index contributed by atoms with van der Waals surface area (Å²) >= 11 is 1.23. The van der Waals surface area contributed by atoms with Crippen molar-refractivity contribution in [2.45, 2.75) is 51.9 Å². The number of nitrogens with one attached hydrogen (secondary N) is 1. The summed E-state index contributed by atoms with van der Waals surface area (Å²) in [5.74, 6) is 1.45. The number of amides is 1. The fourth-order valence-electron chi connectivity index (χ4n) is 2.14. The van der Waals surface area contributed by atoms with Gasteiger partial charge in [0.1, 0.15) is 5.75 Å². The van der Waals surface area contributed by atoms with Crippen molar-refractivity contribution < 1.29 is 13.9 Å². The smallest absolute Gasteiger partial charge is 0.277 e. The Labute approximate surface area is 152 Å². The molecular formula is C18H25N3O3S. The van der Waals surface area contributed by atoms with Gasteiger partial charge in [0.25, 0.3) is 11.1 Å². The van der Waals surface area contributed by atoms with Gasteiger partial charge in [0, 0.05) is 6.54 Å². The lowest BCUT2D eigenvalue weighted by atomic mass is 10.1. The van der Waals surface area contributed by atoms with Gasteiger partial charge in [-0.2, -0.15) is 0 Å². The Bertz CT molecular complexity index is 688. The minimum Gasteiger partial charge on any atom is -0.484 e. The van der Waals surface area contributed by atoms with Crippen LogP contribution >= 0.6 is 11.8 Å². The van der Waals surface area contributed by atoms with Crippen LogP contribution in [0.15, 0.2) is 27.8 Å². The predicted molar refractivity (Wildman–Crippen MR) is 97.8 cm³/mol.